The second-order valence-electron chi connectivity index (χ2n) is 22.4. The first-order valence-corrected chi connectivity index (χ1v) is 38.0. The molecule has 0 aromatic rings. The number of hydrogen-bond acceptors (Lipinski definition) is 15. The third-order valence-electron chi connectivity index (χ3n) is 13.4. The Labute approximate surface area is 577 Å². The van der Waals surface area contributed by atoms with Crippen molar-refractivity contribution in [2.24, 2.45) is 0 Å². The van der Waals surface area contributed by atoms with E-state index in [0.29, 0.717) is 32.1 Å². The number of ether oxygens (including phenoxy) is 4. The molecule has 0 rings (SSSR count). The molecule has 0 amide bonds. The van der Waals surface area contributed by atoms with Gasteiger partial charge in [-0.3, -0.25) is 37.3 Å². The maximum Gasteiger partial charge on any atom is 0.472 e. The van der Waals surface area contributed by atoms with Crippen molar-refractivity contribution in [1.82, 2.24) is 0 Å². The number of hydrogen-bond donors (Lipinski definition) is 3. The third kappa shape index (κ3) is 66.8. The second-order valence-corrected chi connectivity index (χ2v) is 25.3. The maximum atomic E-state index is 13.0. The van der Waals surface area contributed by atoms with Crippen LogP contribution in [0.3, 0.4) is 0 Å². The minimum absolute atomic E-state index is 0.0135. The summed E-state index contributed by atoms with van der Waals surface area (Å²) in [5.41, 5.74) is 0. The summed E-state index contributed by atoms with van der Waals surface area (Å²) in [6.07, 6.45) is 79.8. The van der Waals surface area contributed by atoms with E-state index >= 15 is 0 Å². The number of esters is 4. The molecule has 0 spiro atoms. The molecule has 5 unspecified atom stereocenters. The number of unbranched alkanes of at least 4 members (excludes halogenated alkanes) is 9. The van der Waals surface area contributed by atoms with Gasteiger partial charge in [-0.25, -0.2) is 9.13 Å². The lowest BCUT2D eigenvalue weighted by atomic mass is 10.1. The predicted octanol–water partition coefficient (Wildman–Crippen LogP) is 19.7. The number of phosphoric ester groups is 2. The van der Waals surface area contributed by atoms with Gasteiger partial charge in [0.25, 0.3) is 0 Å². The van der Waals surface area contributed by atoms with Crippen LogP contribution in [0.15, 0.2) is 182 Å². The minimum Gasteiger partial charge on any atom is -0.461 e. The summed E-state index contributed by atoms with van der Waals surface area (Å²) >= 11 is 0. The summed E-state index contributed by atoms with van der Waals surface area (Å²) in [7, 11) is -10.0. The van der Waals surface area contributed by atoms with Crippen molar-refractivity contribution >= 4 is 39.5 Å². The normalized spacial score (nSPS) is 15.1. The molecular formula is C77H120O17P2. The summed E-state index contributed by atoms with van der Waals surface area (Å²) in [5, 5.41) is 10.6. The van der Waals surface area contributed by atoms with Gasteiger partial charge >= 0.3 is 39.5 Å². The van der Waals surface area contributed by atoms with Crippen LogP contribution in [0.4, 0.5) is 0 Å². The standard InChI is InChI=1S/C77H120O17P2/c1-5-9-13-17-21-25-29-32-35-38-42-45-49-53-57-61-74(79)87-67-72(93-76(81)63-59-55-51-47-41-28-24-20-16-12-8-4)69-91-95(83,84)89-65-71(78)66-90-96(85,86)92-70-73(94-77(82)64-60-56-52-48-44-40-37-34-31-27-23-19-15-11-7-3)68-88-75(80)62-58-54-50-46-43-39-36-33-30-26-22-18-14-10-6-2/h9-11,13-15,20-27,32-37,42-46,48,53-54,57-58,71-73,78H,5-8,12,16-19,28-31,38-41,47,49-52,55-56,59-70H2,1-4H3,(H,83,84)(H,85,86)/b13-9-,14-10-,15-11-,24-20-,25-21-,26-22-,27-23-,35-32-,36-33-,37-34-,45-42-,46-43-,48-44-,57-53-,58-54-. The first-order chi connectivity index (χ1) is 46.7. The first-order valence-electron chi connectivity index (χ1n) is 35.0. The third-order valence-corrected chi connectivity index (χ3v) is 15.3. The van der Waals surface area contributed by atoms with Gasteiger partial charge in [0.1, 0.15) is 19.3 Å². The number of aliphatic hydroxyl groups is 1. The van der Waals surface area contributed by atoms with Gasteiger partial charge in [0, 0.05) is 12.8 Å². The van der Waals surface area contributed by atoms with Crippen molar-refractivity contribution in [2.45, 2.75) is 239 Å². The van der Waals surface area contributed by atoms with Crippen LogP contribution in [0, 0.1) is 0 Å². The van der Waals surface area contributed by atoms with Gasteiger partial charge in [-0.2, -0.15) is 0 Å². The SMILES string of the molecule is CC/C=C\C/C=C\C/C=C\C/C=C\C/C=C\CC(=O)OCC(COP(=O)(O)OCC(O)COP(=O)(O)OCC(COC(=O)C/C=C\C/C=C\C/C=C\C/C=C\C/C=C\CC)OC(=O)CCCCCCC/C=C\CCCC)OC(=O)CCCC/C=C\C/C=C\C/C=C\C/C=C\CC. The molecule has 17 nitrogen and oxygen atoms in total. The number of allylic oxidation sites excluding steroid dienone is 28. The largest absolute Gasteiger partial charge is 0.472 e. The summed E-state index contributed by atoms with van der Waals surface area (Å²) in [4.78, 5) is 72.4. The fraction of sp³-hybridized carbons (Fsp3) is 0.558. The van der Waals surface area contributed by atoms with Crippen molar-refractivity contribution in [3.8, 4) is 0 Å². The molecule has 0 radical (unpaired) electrons. The summed E-state index contributed by atoms with van der Waals surface area (Å²) < 4.78 is 67.9. The molecule has 0 heterocycles. The van der Waals surface area contributed by atoms with Crippen molar-refractivity contribution in [3.63, 3.8) is 0 Å². The molecule has 19 heteroatoms. The van der Waals surface area contributed by atoms with Gasteiger partial charge in [-0.05, 0) is 135 Å². The van der Waals surface area contributed by atoms with Gasteiger partial charge in [-0.1, -0.05) is 242 Å². The van der Waals surface area contributed by atoms with E-state index in [1.165, 1.54) is 6.42 Å². The van der Waals surface area contributed by atoms with Crippen LogP contribution in [-0.4, -0.2) is 96.7 Å². The van der Waals surface area contributed by atoms with E-state index in [1.54, 1.807) is 12.2 Å². The van der Waals surface area contributed by atoms with Crippen LogP contribution in [0.1, 0.15) is 220 Å². The molecule has 96 heavy (non-hydrogen) atoms. The Balaban J connectivity index is 5.53. The van der Waals surface area contributed by atoms with E-state index in [9.17, 15) is 43.2 Å². The molecule has 5 atom stereocenters. The summed E-state index contributed by atoms with van der Waals surface area (Å²) in [6, 6.07) is 0. The van der Waals surface area contributed by atoms with E-state index in [0.717, 1.165) is 128 Å². The molecule has 3 N–H and O–H groups in total. The summed E-state index contributed by atoms with van der Waals surface area (Å²) in [5.74, 6) is -2.56. The second kappa shape index (κ2) is 67.7. The summed E-state index contributed by atoms with van der Waals surface area (Å²) in [6.45, 7) is 4.12. The molecule has 0 aliphatic heterocycles. The van der Waals surface area contributed by atoms with Crippen LogP contribution in [0.5, 0.6) is 0 Å². The Morgan fingerprint density at radius 1 is 0.312 bits per heavy atom. The van der Waals surface area contributed by atoms with E-state index in [2.05, 4.69) is 155 Å². The Morgan fingerprint density at radius 2 is 0.573 bits per heavy atom. The van der Waals surface area contributed by atoms with Crippen LogP contribution in [0.25, 0.3) is 0 Å². The first kappa shape index (κ1) is 90.2. The molecule has 0 aromatic heterocycles. The maximum absolute atomic E-state index is 13.0. The molecule has 0 fully saturated rings. The van der Waals surface area contributed by atoms with Gasteiger partial charge < -0.3 is 33.8 Å². The van der Waals surface area contributed by atoms with Gasteiger partial charge in [0.05, 0.1) is 39.3 Å². The van der Waals surface area contributed by atoms with Crippen LogP contribution >= 0.6 is 15.6 Å². The zero-order valence-electron chi connectivity index (χ0n) is 58.5. The number of carbonyl (C=O) groups excluding carboxylic acids is 4. The molecule has 0 bridgehead atoms. The minimum atomic E-state index is -5.02. The zero-order valence-corrected chi connectivity index (χ0v) is 60.2. The quantitative estimate of drug-likeness (QED) is 0.0169. The molecule has 0 aliphatic rings. The van der Waals surface area contributed by atoms with E-state index in [-0.39, 0.29) is 25.7 Å². The Hall–Kier alpha value is -5.84. The fourth-order valence-electron chi connectivity index (χ4n) is 8.16. The number of carbonyl (C=O) groups is 4. The van der Waals surface area contributed by atoms with E-state index < -0.39 is 97.5 Å². The molecule has 0 saturated carbocycles. The molecule has 0 aliphatic carbocycles. The van der Waals surface area contributed by atoms with E-state index in [1.807, 2.05) is 42.5 Å². The lowest BCUT2D eigenvalue weighted by molar-refractivity contribution is -0.161. The molecule has 0 aromatic carbocycles. The number of rotatable bonds is 63. The topological polar surface area (TPSA) is 237 Å². The van der Waals surface area contributed by atoms with E-state index in [4.69, 9.17) is 37.0 Å². The smallest absolute Gasteiger partial charge is 0.461 e. The van der Waals surface area contributed by atoms with Crippen molar-refractivity contribution < 1.29 is 80.2 Å². The van der Waals surface area contributed by atoms with Crippen LogP contribution in [0.2, 0.25) is 0 Å². The van der Waals surface area contributed by atoms with Crippen molar-refractivity contribution in [3.05, 3.63) is 182 Å². The lowest BCUT2D eigenvalue weighted by Gasteiger charge is -2.21. The highest BCUT2D eigenvalue weighted by Gasteiger charge is 2.30. The fourth-order valence-corrected chi connectivity index (χ4v) is 9.74. The lowest BCUT2D eigenvalue weighted by Crippen LogP contribution is -2.30. The average molecular weight is 1380 g/mol. The highest BCUT2D eigenvalue weighted by molar-refractivity contribution is 7.47. The van der Waals surface area contributed by atoms with Gasteiger partial charge in [0.15, 0.2) is 12.2 Å². The molecule has 540 valence electrons. The number of aliphatic hydroxyl groups excluding tert-OH is 1. The van der Waals surface area contributed by atoms with Crippen molar-refractivity contribution in [1.29, 1.82) is 0 Å². The Morgan fingerprint density at radius 3 is 0.917 bits per heavy atom. The zero-order chi connectivity index (χ0) is 70.4. The predicted molar refractivity (Wildman–Crippen MR) is 389 cm³/mol. The molecular weight excluding hydrogens is 1260 g/mol. The highest BCUT2D eigenvalue weighted by atomic mass is 31.2. The van der Waals surface area contributed by atoms with Crippen LogP contribution in [-0.2, 0) is 65.4 Å². The Bertz CT molecular complexity index is 2540. The van der Waals surface area contributed by atoms with Crippen molar-refractivity contribution in [2.75, 3.05) is 39.6 Å². The number of phosphoric acid groups is 2. The van der Waals surface area contributed by atoms with Gasteiger partial charge in [0.2, 0.25) is 0 Å². The average Bonchev–Trinajstić information content (AvgIpc) is 1.09. The van der Waals surface area contributed by atoms with Crippen LogP contribution < -0.4 is 0 Å². The highest BCUT2D eigenvalue weighted by Crippen LogP contribution is 2.45. The molecule has 0 saturated heterocycles. The van der Waals surface area contributed by atoms with Gasteiger partial charge in [-0.15, -0.1) is 0 Å². The Kier molecular flexibility index (Phi) is 63.6. The monoisotopic (exact) mass is 1380 g/mol.